The Morgan fingerprint density at radius 1 is 0.371 bits per heavy atom. The van der Waals surface area contributed by atoms with Gasteiger partial charge in [0.2, 0.25) is 0 Å². The van der Waals surface area contributed by atoms with Gasteiger partial charge in [0.25, 0.3) is 0 Å². The summed E-state index contributed by atoms with van der Waals surface area (Å²) in [5, 5.41) is 0. The third-order valence-electron chi connectivity index (χ3n) is 6.00. The van der Waals surface area contributed by atoms with Crippen molar-refractivity contribution in [1.82, 2.24) is 0 Å². The molecule has 0 aromatic carbocycles. The summed E-state index contributed by atoms with van der Waals surface area (Å²) >= 11 is 0. The molecule has 0 saturated carbocycles. The maximum absolute atomic E-state index is 10.3. The smallest absolute Gasteiger partial charge is 0.748 e. The molecule has 0 spiro atoms. The minimum atomic E-state index is -3.98. The van der Waals surface area contributed by atoms with Gasteiger partial charge in [0.15, 0.2) is 0 Å². The molecule has 0 radical (unpaired) electrons. The Morgan fingerprint density at radius 3 is 0.714 bits per heavy atom. The molecule has 35 heavy (non-hydrogen) atoms. The Morgan fingerprint density at radius 2 is 0.543 bits per heavy atom. The van der Waals surface area contributed by atoms with Crippen molar-refractivity contribution in [2.45, 2.75) is 155 Å². The van der Waals surface area contributed by atoms with Crippen molar-refractivity contribution in [3.05, 3.63) is 0 Å². The van der Waals surface area contributed by atoms with Crippen LogP contribution in [0.25, 0.3) is 0 Å². The second-order valence-electron chi connectivity index (χ2n) is 9.59. The summed E-state index contributed by atoms with van der Waals surface area (Å²) in [4.78, 5) is 0. The summed E-state index contributed by atoms with van der Waals surface area (Å²) in [5.41, 5.74) is 0. The van der Waals surface area contributed by atoms with Gasteiger partial charge in [-0.3, -0.25) is 0 Å². The summed E-state index contributed by atoms with van der Waals surface area (Å²) < 4.78 is 62.0. The molecule has 0 amide bonds. The van der Waals surface area contributed by atoms with Gasteiger partial charge in [-0.05, 0) is 12.8 Å². The first-order valence-corrected chi connectivity index (χ1v) is 17.1. The average Bonchev–Trinajstić information content (AvgIpc) is 2.75. The fourth-order valence-corrected chi connectivity index (χ4v) is 5.00. The second kappa shape index (κ2) is 29.0. The first-order chi connectivity index (χ1) is 16.1. The van der Waals surface area contributed by atoms with Crippen LogP contribution in [0, 0.1) is 0 Å². The Bertz CT molecular complexity index is 555. The summed E-state index contributed by atoms with van der Waals surface area (Å²) in [6.45, 7) is 4.45. The molecule has 0 rings (SSSR count). The number of hydrogen-bond donors (Lipinski definition) is 0. The molecule has 9 heteroatoms. The molecule has 0 aliphatic carbocycles. The summed E-state index contributed by atoms with van der Waals surface area (Å²) in [6.07, 6.45) is 25.7. The third-order valence-corrected chi connectivity index (χ3v) is 7.57. The predicted octanol–water partition coefficient (Wildman–Crippen LogP) is 7.68. The maximum Gasteiger partial charge on any atom is 2.00 e. The second-order valence-corrected chi connectivity index (χ2v) is 12.6. The van der Waals surface area contributed by atoms with Crippen molar-refractivity contribution in [3.63, 3.8) is 0 Å². The van der Waals surface area contributed by atoms with E-state index in [-0.39, 0.29) is 31.0 Å². The average molecular weight is 592 g/mol. The first kappa shape index (κ1) is 39.9. The molecule has 0 heterocycles. The zero-order valence-electron chi connectivity index (χ0n) is 22.9. The van der Waals surface area contributed by atoms with Crippen LogP contribution >= 0.6 is 0 Å². The number of rotatable bonds is 24. The van der Waals surface area contributed by atoms with Crippen molar-refractivity contribution in [2.75, 3.05) is 11.5 Å². The zero-order valence-corrected chi connectivity index (χ0v) is 27.5. The number of hydrogen-bond acceptors (Lipinski definition) is 6. The van der Waals surface area contributed by atoms with Gasteiger partial charge in [0, 0.05) is 11.5 Å². The number of unbranched alkanes of at least 4 members (excludes halogenated alkanes) is 20. The van der Waals surface area contributed by atoms with Crippen molar-refractivity contribution in [2.24, 2.45) is 0 Å². The van der Waals surface area contributed by atoms with E-state index in [1.165, 1.54) is 103 Å². The van der Waals surface area contributed by atoms with E-state index in [1.807, 2.05) is 0 Å². The minimum Gasteiger partial charge on any atom is -0.748 e. The van der Waals surface area contributed by atoms with E-state index in [1.54, 1.807) is 0 Å². The Kier molecular flexibility index (Phi) is 33.1. The quantitative estimate of drug-likeness (QED) is 0.0645. The largest absolute Gasteiger partial charge is 2.00 e. The van der Waals surface area contributed by atoms with E-state index >= 15 is 0 Å². The van der Waals surface area contributed by atoms with Crippen LogP contribution in [0.15, 0.2) is 0 Å². The maximum atomic E-state index is 10.3. The molecule has 0 fully saturated rings. The van der Waals surface area contributed by atoms with Crippen molar-refractivity contribution < 1.29 is 45.4 Å². The Hall–Kier alpha value is 0.443. The molecule has 0 saturated heterocycles. The van der Waals surface area contributed by atoms with Gasteiger partial charge >= 0.3 is 19.5 Å². The normalized spacial score (nSPS) is 11.5. The van der Waals surface area contributed by atoms with E-state index in [0.717, 1.165) is 25.7 Å². The van der Waals surface area contributed by atoms with E-state index in [4.69, 9.17) is 0 Å². The van der Waals surface area contributed by atoms with Crippen LogP contribution in [-0.4, -0.2) is 37.4 Å². The van der Waals surface area contributed by atoms with Gasteiger partial charge in [-0.25, -0.2) is 16.8 Å². The van der Waals surface area contributed by atoms with Crippen LogP contribution in [0.3, 0.4) is 0 Å². The molecular weight excluding hydrogens is 538 g/mol. The minimum absolute atomic E-state index is 0. The molecule has 0 atom stereocenters. The monoisotopic (exact) mass is 590 g/mol. The van der Waals surface area contributed by atoms with Crippen LogP contribution in [-0.2, 0) is 39.7 Å². The Labute approximate surface area is 231 Å². The van der Waals surface area contributed by atoms with Crippen LogP contribution in [0.4, 0.5) is 0 Å². The SMILES string of the molecule is CCCCCCCCCCCCCS(=O)(=O)[O-].CCCCCCCCCCCCCS(=O)(=O)[O-].[Zn+2]. The third kappa shape index (κ3) is 44.8. The van der Waals surface area contributed by atoms with Gasteiger partial charge in [-0.1, -0.05) is 142 Å². The summed E-state index contributed by atoms with van der Waals surface area (Å²) in [5.74, 6) is -0.381. The molecule has 0 N–H and O–H groups in total. The molecule has 0 bridgehead atoms. The summed E-state index contributed by atoms with van der Waals surface area (Å²) in [7, 11) is -7.97. The molecule has 0 aromatic heterocycles. The zero-order chi connectivity index (χ0) is 26.0. The van der Waals surface area contributed by atoms with E-state index in [2.05, 4.69) is 13.8 Å². The van der Waals surface area contributed by atoms with Gasteiger partial charge in [-0.2, -0.15) is 0 Å². The molecule has 6 nitrogen and oxygen atoms in total. The van der Waals surface area contributed by atoms with E-state index in [0.29, 0.717) is 12.8 Å². The fourth-order valence-electron chi connectivity index (χ4n) is 3.89. The molecule has 0 unspecified atom stereocenters. The first-order valence-electron chi connectivity index (χ1n) is 14.0. The van der Waals surface area contributed by atoms with Gasteiger partial charge < -0.3 is 9.11 Å². The standard InChI is InChI=1S/2C13H28O3S.Zn/c2*1-2-3-4-5-6-7-8-9-10-11-12-13-17(14,15)16;/h2*2-13H2,1H3,(H,14,15,16);/q;;+2/p-2. The Balaban J connectivity index is -0.000000569. The van der Waals surface area contributed by atoms with Crippen LogP contribution in [0.5, 0.6) is 0 Å². The summed E-state index contributed by atoms with van der Waals surface area (Å²) in [6, 6.07) is 0. The van der Waals surface area contributed by atoms with Gasteiger partial charge in [0.1, 0.15) is 0 Å². The fraction of sp³-hybridized carbons (Fsp3) is 1.00. The molecule has 0 aromatic rings. The van der Waals surface area contributed by atoms with Crippen molar-refractivity contribution in [1.29, 1.82) is 0 Å². The van der Waals surface area contributed by atoms with Crippen molar-refractivity contribution in [3.8, 4) is 0 Å². The predicted molar refractivity (Wildman–Crippen MR) is 142 cm³/mol. The van der Waals surface area contributed by atoms with Gasteiger partial charge in [-0.15, -0.1) is 0 Å². The molecule has 0 aliphatic rings. The molecule has 0 aliphatic heterocycles. The van der Waals surface area contributed by atoms with Crippen molar-refractivity contribution >= 4 is 20.2 Å². The van der Waals surface area contributed by atoms with Crippen LogP contribution in [0.2, 0.25) is 0 Å². The molecular formula is C26H54O6S2Zn. The topological polar surface area (TPSA) is 114 Å². The van der Waals surface area contributed by atoms with Crippen LogP contribution in [0.1, 0.15) is 155 Å². The van der Waals surface area contributed by atoms with E-state index < -0.39 is 20.2 Å². The van der Waals surface area contributed by atoms with E-state index in [9.17, 15) is 25.9 Å². The molecule has 208 valence electrons. The van der Waals surface area contributed by atoms with Crippen LogP contribution < -0.4 is 0 Å². The van der Waals surface area contributed by atoms with Gasteiger partial charge in [0.05, 0.1) is 20.2 Å².